The Morgan fingerprint density at radius 3 is 0.524 bits per heavy atom. The van der Waals surface area contributed by atoms with E-state index >= 15 is 0 Å². The van der Waals surface area contributed by atoms with E-state index in [1.807, 2.05) is 0 Å². The van der Waals surface area contributed by atoms with Crippen LogP contribution in [-0.2, 0) is 95.7 Å². The van der Waals surface area contributed by atoms with Gasteiger partial charge >= 0.3 is 35.8 Å². The lowest BCUT2D eigenvalue weighted by Gasteiger charge is -2.26. The Balaban J connectivity index is 4.32. The van der Waals surface area contributed by atoms with Crippen molar-refractivity contribution in [2.75, 3.05) is 39.6 Å². The summed E-state index contributed by atoms with van der Waals surface area (Å²) in [6.07, 6.45) is -2.40. The van der Waals surface area contributed by atoms with E-state index in [4.69, 9.17) is 28.4 Å². The molecular formula is C30H42O12. The van der Waals surface area contributed by atoms with Gasteiger partial charge in [-0.25, -0.2) is 0 Å². The van der Waals surface area contributed by atoms with E-state index in [1.54, 1.807) is 41.5 Å². The van der Waals surface area contributed by atoms with Crippen molar-refractivity contribution < 1.29 is 57.2 Å². The molecule has 12 heteroatoms. The molecule has 42 heavy (non-hydrogen) atoms. The van der Waals surface area contributed by atoms with Gasteiger partial charge in [-0.15, -0.1) is 0 Å². The van der Waals surface area contributed by atoms with E-state index in [1.165, 1.54) is 0 Å². The third kappa shape index (κ3) is 11.5. The third-order valence-corrected chi connectivity index (χ3v) is 5.94. The molecule has 0 N–H and O–H groups in total. The maximum atomic E-state index is 12.8. The smallest absolute Gasteiger partial charge is 0.310 e. The summed E-state index contributed by atoms with van der Waals surface area (Å²) in [5.74, 6) is -4.03. The third-order valence-electron chi connectivity index (χ3n) is 5.94. The quantitative estimate of drug-likeness (QED) is 0.181. The van der Waals surface area contributed by atoms with Crippen LogP contribution in [0.2, 0.25) is 0 Å². The average Bonchev–Trinajstić information content (AvgIpc) is 2.91. The van der Waals surface area contributed by atoms with Crippen molar-refractivity contribution in [3.63, 3.8) is 0 Å². The minimum atomic E-state index is -0.671. The van der Waals surface area contributed by atoms with E-state index < -0.39 is 74.3 Å². The molecule has 0 aliphatic carbocycles. The lowest BCUT2D eigenvalue weighted by Crippen LogP contribution is -2.26. The highest BCUT2D eigenvalue weighted by Gasteiger charge is 2.31. The Hall–Kier alpha value is -3.96. The first-order valence-corrected chi connectivity index (χ1v) is 14.2. The maximum Gasteiger partial charge on any atom is 0.310 e. The second kappa shape index (κ2) is 19.2. The Bertz CT molecular complexity index is 877. The average molecular weight is 595 g/mol. The second-order valence-corrected chi connectivity index (χ2v) is 8.76. The molecule has 0 heterocycles. The van der Waals surface area contributed by atoms with Crippen LogP contribution in [0.5, 0.6) is 0 Å². The van der Waals surface area contributed by atoms with E-state index in [2.05, 4.69) is 0 Å². The summed E-state index contributed by atoms with van der Waals surface area (Å²) in [6, 6.07) is 0. The van der Waals surface area contributed by atoms with Gasteiger partial charge in [-0.1, -0.05) is 0 Å². The molecule has 234 valence electrons. The molecule has 0 saturated carbocycles. The summed E-state index contributed by atoms with van der Waals surface area (Å²) < 4.78 is 31.1. The summed E-state index contributed by atoms with van der Waals surface area (Å²) in [7, 11) is 0. The van der Waals surface area contributed by atoms with E-state index in [0.29, 0.717) is 0 Å². The van der Waals surface area contributed by atoms with Gasteiger partial charge in [0.25, 0.3) is 0 Å². The number of esters is 6. The van der Waals surface area contributed by atoms with Gasteiger partial charge in [-0.2, -0.15) is 0 Å². The van der Waals surface area contributed by atoms with Crippen LogP contribution in [0.1, 0.15) is 74.9 Å². The van der Waals surface area contributed by atoms with Gasteiger partial charge in [0, 0.05) is 0 Å². The zero-order valence-corrected chi connectivity index (χ0v) is 25.4. The van der Waals surface area contributed by atoms with Crippen molar-refractivity contribution in [1.29, 1.82) is 0 Å². The fourth-order valence-corrected chi connectivity index (χ4v) is 4.51. The van der Waals surface area contributed by atoms with Crippen LogP contribution >= 0.6 is 0 Å². The van der Waals surface area contributed by atoms with Crippen LogP contribution in [0.3, 0.4) is 0 Å². The Morgan fingerprint density at radius 2 is 0.429 bits per heavy atom. The minimum absolute atomic E-state index is 0.0611. The molecule has 0 aromatic heterocycles. The first-order valence-electron chi connectivity index (χ1n) is 14.2. The Kier molecular flexibility index (Phi) is 16.5. The minimum Gasteiger partial charge on any atom is -0.466 e. The molecule has 0 atom stereocenters. The van der Waals surface area contributed by atoms with Crippen LogP contribution < -0.4 is 0 Å². The Labute approximate surface area is 246 Å². The van der Waals surface area contributed by atoms with Crippen LogP contribution in [0.4, 0.5) is 0 Å². The number of carbonyl (C=O) groups is 6. The molecule has 1 aromatic rings. The van der Waals surface area contributed by atoms with Crippen molar-refractivity contribution in [3.05, 3.63) is 33.4 Å². The molecule has 0 amide bonds. The number of benzene rings is 1. The molecule has 0 saturated heterocycles. The molecule has 0 bridgehead atoms. The molecule has 1 aromatic carbocycles. The van der Waals surface area contributed by atoms with Crippen LogP contribution in [-0.4, -0.2) is 75.5 Å². The van der Waals surface area contributed by atoms with Gasteiger partial charge in [-0.3, -0.25) is 28.8 Å². The SMILES string of the molecule is CCOC(=O)Cc1c(CC(=O)OCC)c(CC(=O)OCC)c(CC(=O)OCC)c(CC(=O)OCC)c1CC(=O)OCC. The molecule has 0 spiro atoms. The fraction of sp³-hybridized carbons (Fsp3) is 0.600. The highest BCUT2D eigenvalue weighted by Crippen LogP contribution is 2.33. The fourth-order valence-electron chi connectivity index (χ4n) is 4.51. The molecule has 0 fully saturated rings. The molecule has 0 radical (unpaired) electrons. The summed E-state index contributed by atoms with van der Waals surface area (Å²) in [6.45, 7) is 10.1. The molecule has 1 rings (SSSR count). The van der Waals surface area contributed by atoms with Crippen LogP contribution in [0.25, 0.3) is 0 Å². The Morgan fingerprint density at radius 1 is 0.310 bits per heavy atom. The second-order valence-electron chi connectivity index (χ2n) is 8.76. The zero-order chi connectivity index (χ0) is 31.7. The van der Waals surface area contributed by atoms with E-state index in [-0.39, 0.29) is 73.0 Å². The van der Waals surface area contributed by atoms with Crippen molar-refractivity contribution in [1.82, 2.24) is 0 Å². The van der Waals surface area contributed by atoms with Crippen molar-refractivity contribution in [2.24, 2.45) is 0 Å². The van der Waals surface area contributed by atoms with Gasteiger partial charge in [0.2, 0.25) is 0 Å². The van der Waals surface area contributed by atoms with E-state index in [9.17, 15) is 28.8 Å². The summed E-state index contributed by atoms with van der Waals surface area (Å²) in [4.78, 5) is 77.1. The number of rotatable bonds is 18. The van der Waals surface area contributed by atoms with Crippen molar-refractivity contribution >= 4 is 35.8 Å². The highest BCUT2D eigenvalue weighted by atomic mass is 16.5. The van der Waals surface area contributed by atoms with Crippen LogP contribution in [0.15, 0.2) is 0 Å². The first-order chi connectivity index (χ1) is 20.1. The number of hydrogen-bond acceptors (Lipinski definition) is 12. The normalized spacial score (nSPS) is 10.4. The van der Waals surface area contributed by atoms with Gasteiger partial charge in [0.05, 0.1) is 78.2 Å². The molecular weight excluding hydrogens is 552 g/mol. The molecule has 0 aliphatic rings. The molecule has 0 unspecified atom stereocenters. The molecule has 12 nitrogen and oxygen atoms in total. The lowest BCUT2D eigenvalue weighted by molar-refractivity contribution is -0.144. The zero-order valence-electron chi connectivity index (χ0n) is 25.4. The highest BCUT2D eigenvalue weighted by molar-refractivity contribution is 5.86. The summed E-state index contributed by atoms with van der Waals surface area (Å²) in [5, 5.41) is 0. The van der Waals surface area contributed by atoms with Crippen LogP contribution in [0, 0.1) is 0 Å². The largest absolute Gasteiger partial charge is 0.466 e. The number of carbonyl (C=O) groups excluding carboxylic acids is 6. The number of ether oxygens (including phenoxy) is 6. The topological polar surface area (TPSA) is 158 Å². The predicted molar refractivity (Wildman–Crippen MR) is 148 cm³/mol. The summed E-state index contributed by atoms with van der Waals surface area (Å²) in [5.41, 5.74) is 1.17. The van der Waals surface area contributed by atoms with Gasteiger partial charge < -0.3 is 28.4 Å². The first kappa shape index (κ1) is 36.1. The van der Waals surface area contributed by atoms with Gasteiger partial charge in [-0.05, 0) is 74.9 Å². The van der Waals surface area contributed by atoms with Gasteiger partial charge in [0.1, 0.15) is 0 Å². The summed E-state index contributed by atoms with van der Waals surface area (Å²) >= 11 is 0. The lowest BCUT2D eigenvalue weighted by atomic mass is 9.79. The maximum absolute atomic E-state index is 12.8. The standard InChI is InChI=1S/C30H42O12/c1-7-37-25(31)13-19-20(14-26(32)38-8-2)22(16-28(34)40-10-4)24(18-30(36)42-12-6)23(17-29(35)41-11-5)21(19)15-27(33)39-9-3/h7-18H2,1-6H3. The van der Waals surface area contributed by atoms with Crippen molar-refractivity contribution in [3.8, 4) is 0 Å². The van der Waals surface area contributed by atoms with E-state index in [0.717, 1.165) is 0 Å². The molecule has 0 aliphatic heterocycles. The van der Waals surface area contributed by atoms with Gasteiger partial charge in [0.15, 0.2) is 0 Å². The predicted octanol–water partition coefficient (Wildman–Crippen LogP) is 2.32. The monoisotopic (exact) mass is 594 g/mol. The number of hydrogen-bond donors (Lipinski definition) is 0. The van der Waals surface area contributed by atoms with Crippen molar-refractivity contribution in [2.45, 2.75) is 80.1 Å².